The molecule has 1 fully saturated rings. The average Bonchev–Trinajstić information content (AvgIpc) is 2.73. The van der Waals surface area contributed by atoms with Gasteiger partial charge in [0.2, 0.25) is 5.91 Å². The molecule has 6 heteroatoms. The van der Waals surface area contributed by atoms with Crippen LogP contribution in [0.3, 0.4) is 0 Å². The molecule has 0 N–H and O–H groups in total. The highest BCUT2D eigenvalue weighted by Crippen LogP contribution is 2.20. The molecule has 1 aliphatic rings. The molecule has 1 amide bonds. The van der Waals surface area contributed by atoms with Gasteiger partial charge in [-0.15, -0.1) is 0 Å². The highest BCUT2D eigenvalue weighted by molar-refractivity contribution is 5.79. The van der Waals surface area contributed by atoms with Gasteiger partial charge in [-0.3, -0.25) is 9.78 Å². The van der Waals surface area contributed by atoms with E-state index in [-0.39, 0.29) is 23.9 Å². The van der Waals surface area contributed by atoms with E-state index in [9.17, 15) is 13.6 Å². The number of carbonyl (C=O) groups is 1. The number of carbonyl (C=O) groups excluding carboxylic acids is 1. The topological polar surface area (TPSA) is 36.4 Å². The highest BCUT2D eigenvalue weighted by atomic mass is 19.2. The van der Waals surface area contributed by atoms with Crippen molar-refractivity contribution in [2.24, 2.45) is 0 Å². The number of pyridine rings is 1. The number of nitrogens with zero attached hydrogens (tertiary/aromatic N) is 3. The molecule has 4 nitrogen and oxygen atoms in total. The second-order valence-corrected chi connectivity index (χ2v) is 7.21. The lowest BCUT2D eigenvalue weighted by atomic mass is 10.0. The predicted molar refractivity (Wildman–Crippen MR) is 105 cm³/mol. The maximum atomic E-state index is 14.1. The van der Waals surface area contributed by atoms with Crippen LogP contribution >= 0.6 is 0 Å². The van der Waals surface area contributed by atoms with Gasteiger partial charge in [-0.05, 0) is 37.6 Å². The summed E-state index contributed by atoms with van der Waals surface area (Å²) in [6.45, 7) is 5.56. The quantitative estimate of drug-likeness (QED) is 0.730. The Hall–Kier alpha value is -2.34. The van der Waals surface area contributed by atoms with E-state index in [0.29, 0.717) is 13.0 Å². The number of piperidine rings is 1. The van der Waals surface area contributed by atoms with Gasteiger partial charge in [0, 0.05) is 49.6 Å². The fourth-order valence-corrected chi connectivity index (χ4v) is 3.79. The summed E-state index contributed by atoms with van der Waals surface area (Å²) in [4.78, 5) is 21.6. The molecular formula is C22H27F2N3O. The van der Waals surface area contributed by atoms with Gasteiger partial charge in [-0.2, -0.15) is 0 Å². The Balaban J connectivity index is 1.72. The van der Waals surface area contributed by atoms with Crippen molar-refractivity contribution in [2.45, 2.75) is 38.6 Å². The maximum Gasteiger partial charge on any atom is 0.227 e. The predicted octanol–water partition coefficient (Wildman–Crippen LogP) is 3.46. The number of aromatic nitrogens is 1. The molecule has 2 aromatic rings. The number of amides is 1. The molecule has 1 aromatic carbocycles. The molecule has 2 heterocycles. The number of likely N-dealkylation sites (tertiary alicyclic amines) is 1. The number of halogens is 2. The lowest BCUT2D eigenvalue weighted by molar-refractivity contribution is -0.133. The SMILES string of the molecule is CCN1CCC(N(CCc2ccccn2)C(=O)Cc2cccc(F)c2F)CC1. The Morgan fingerprint density at radius 3 is 2.64 bits per heavy atom. The van der Waals surface area contributed by atoms with Gasteiger partial charge >= 0.3 is 0 Å². The molecule has 1 saturated heterocycles. The van der Waals surface area contributed by atoms with Gasteiger partial charge in [-0.1, -0.05) is 25.1 Å². The second kappa shape index (κ2) is 9.73. The smallest absolute Gasteiger partial charge is 0.227 e. The zero-order valence-corrected chi connectivity index (χ0v) is 16.3. The average molecular weight is 387 g/mol. The maximum absolute atomic E-state index is 14.1. The summed E-state index contributed by atoms with van der Waals surface area (Å²) in [5.41, 5.74) is 1.03. The third-order valence-electron chi connectivity index (χ3n) is 5.47. The Bertz CT molecular complexity index is 777. The molecular weight excluding hydrogens is 360 g/mol. The van der Waals surface area contributed by atoms with Gasteiger partial charge in [0.25, 0.3) is 0 Å². The minimum absolute atomic E-state index is 0.110. The minimum atomic E-state index is -0.929. The van der Waals surface area contributed by atoms with Gasteiger partial charge in [0.15, 0.2) is 11.6 Å². The van der Waals surface area contributed by atoms with Crippen LogP contribution in [0, 0.1) is 11.6 Å². The Kier molecular flexibility index (Phi) is 7.09. The molecule has 0 spiro atoms. The fraction of sp³-hybridized carbons (Fsp3) is 0.455. The van der Waals surface area contributed by atoms with Crippen LogP contribution < -0.4 is 0 Å². The van der Waals surface area contributed by atoms with Crippen LogP contribution in [0.5, 0.6) is 0 Å². The zero-order chi connectivity index (χ0) is 19.9. The van der Waals surface area contributed by atoms with Gasteiger partial charge in [0.1, 0.15) is 0 Å². The van der Waals surface area contributed by atoms with Crippen LogP contribution in [0.1, 0.15) is 31.0 Å². The van der Waals surface area contributed by atoms with E-state index >= 15 is 0 Å². The van der Waals surface area contributed by atoms with Crippen molar-refractivity contribution in [1.29, 1.82) is 0 Å². The minimum Gasteiger partial charge on any atom is -0.339 e. The van der Waals surface area contributed by atoms with Crippen molar-refractivity contribution >= 4 is 5.91 Å². The number of hydrogen-bond acceptors (Lipinski definition) is 3. The molecule has 0 bridgehead atoms. The first kappa shape index (κ1) is 20.4. The number of rotatable bonds is 7. The third-order valence-corrected chi connectivity index (χ3v) is 5.47. The fourth-order valence-electron chi connectivity index (χ4n) is 3.79. The summed E-state index contributed by atoms with van der Waals surface area (Å²) >= 11 is 0. The van der Waals surface area contributed by atoms with Crippen molar-refractivity contribution in [1.82, 2.24) is 14.8 Å². The summed E-state index contributed by atoms with van der Waals surface area (Å²) in [5.74, 6) is -2.00. The van der Waals surface area contributed by atoms with Crippen LogP contribution in [-0.2, 0) is 17.6 Å². The molecule has 0 atom stereocenters. The summed E-state index contributed by atoms with van der Waals surface area (Å²) in [6, 6.07) is 9.84. The van der Waals surface area contributed by atoms with Crippen molar-refractivity contribution in [3.05, 3.63) is 65.5 Å². The van der Waals surface area contributed by atoms with Gasteiger partial charge in [0.05, 0.1) is 6.42 Å². The molecule has 28 heavy (non-hydrogen) atoms. The Morgan fingerprint density at radius 2 is 1.96 bits per heavy atom. The van der Waals surface area contributed by atoms with E-state index in [1.807, 2.05) is 23.1 Å². The lowest BCUT2D eigenvalue weighted by Gasteiger charge is -2.38. The van der Waals surface area contributed by atoms with Crippen LogP contribution in [0.4, 0.5) is 8.78 Å². The van der Waals surface area contributed by atoms with Gasteiger partial charge < -0.3 is 9.80 Å². The van der Waals surface area contributed by atoms with Crippen molar-refractivity contribution < 1.29 is 13.6 Å². The van der Waals surface area contributed by atoms with Crippen molar-refractivity contribution in [2.75, 3.05) is 26.2 Å². The van der Waals surface area contributed by atoms with E-state index in [4.69, 9.17) is 0 Å². The summed E-state index contributed by atoms with van der Waals surface area (Å²) < 4.78 is 27.6. The van der Waals surface area contributed by atoms with Crippen molar-refractivity contribution in [3.63, 3.8) is 0 Å². The monoisotopic (exact) mass is 387 g/mol. The normalized spacial score (nSPS) is 15.5. The molecule has 1 aromatic heterocycles. The van der Waals surface area contributed by atoms with E-state index in [0.717, 1.165) is 44.2 Å². The molecule has 0 radical (unpaired) electrons. The largest absolute Gasteiger partial charge is 0.339 e. The lowest BCUT2D eigenvalue weighted by Crippen LogP contribution is -2.48. The van der Waals surface area contributed by atoms with Crippen LogP contribution in [0.2, 0.25) is 0 Å². The molecule has 1 aliphatic heterocycles. The molecule has 3 rings (SSSR count). The summed E-state index contributed by atoms with van der Waals surface area (Å²) in [7, 11) is 0. The third kappa shape index (κ3) is 5.13. The molecule has 0 unspecified atom stereocenters. The Morgan fingerprint density at radius 1 is 1.18 bits per heavy atom. The first-order valence-corrected chi connectivity index (χ1v) is 9.93. The highest BCUT2D eigenvalue weighted by Gasteiger charge is 2.28. The van der Waals surface area contributed by atoms with Crippen LogP contribution in [-0.4, -0.2) is 52.9 Å². The van der Waals surface area contributed by atoms with Crippen molar-refractivity contribution in [3.8, 4) is 0 Å². The van der Waals surface area contributed by atoms with Gasteiger partial charge in [-0.25, -0.2) is 8.78 Å². The summed E-state index contributed by atoms with van der Waals surface area (Å²) in [5, 5.41) is 0. The van der Waals surface area contributed by atoms with Crippen LogP contribution in [0.25, 0.3) is 0 Å². The number of hydrogen-bond donors (Lipinski definition) is 0. The summed E-state index contributed by atoms with van der Waals surface area (Å²) in [6.07, 6.45) is 4.05. The Labute approximate surface area is 165 Å². The second-order valence-electron chi connectivity index (χ2n) is 7.21. The molecule has 0 aliphatic carbocycles. The molecule has 0 saturated carbocycles. The number of benzene rings is 1. The van der Waals surface area contributed by atoms with E-state index < -0.39 is 11.6 Å². The van der Waals surface area contributed by atoms with Crippen LogP contribution in [0.15, 0.2) is 42.6 Å². The molecule has 150 valence electrons. The van der Waals surface area contributed by atoms with E-state index in [1.165, 1.54) is 12.1 Å². The first-order valence-electron chi connectivity index (χ1n) is 9.93. The van der Waals surface area contributed by atoms with E-state index in [1.54, 1.807) is 6.20 Å². The first-order chi connectivity index (χ1) is 13.6. The van der Waals surface area contributed by atoms with E-state index in [2.05, 4.69) is 16.8 Å². The standard InChI is InChI=1S/C22H27F2N3O/c1-2-26-13-10-19(11-14-26)27(15-9-18-7-3-4-12-25-18)21(28)16-17-6-5-8-20(23)22(17)24/h3-8,12,19H,2,9-11,13-16H2,1H3. The zero-order valence-electron chi connectivity index (χ0n) is 16.3.